The maximum absolute atomic E-state index is 12.5. The van der Waals surface area contributed by atoms with Crippen molar-refractivity contribution in [1.82, 2.24) is 20.0 Å². The first-order chi connectivity index (χ1) is 12.1. The lowest BCUT2D eigenvalue weighted by Crippen LogP contribution is -2.41. The molecule has 1 atom stereocenters. The number of rotatable bonds is 4. The van der Waals surface area contributed by atoms with E-state index in [4.69, 9.17) is 6.42 Å². The first kappa shape index (κ1) is 17.2. The molecule has 0 spiro atoms. The molecule has 1 aliphatic heterocycles. The van der Waals surface area contributed by atoms with Crippen molar-refractivity contribution in [1.29, 1.82) is 0 Å². The highest BCUT2D eigenvalue weighted by Crippen LogP contribution is 2.16. The van der Waals surface area contributed by atoms with Crippen molar-refractivity contribution >= 4 is 16.7 Å². The second kappa shape index (κ2) is 7.49. The van der Waals surface area contributed by atoms with E-state index in [0.717, 1.165) is 31.3 Å². The molecule has 25 heavy (non-hydrogen) atoms. The molecule has 1 fully saturated rings. The molecule has 1 aromatic heterocycles. The number of amides is 1. The summed E-state index contributed by atoms with van der Waals surface area (Å²) in [5.74, 6) is 2.48. The van der Waals surface area contributed by atoms with E-state index in [-0.39, 0.29) is 30.5 Å². The van der Waals surface area contributed by atoms with Crippen molar-refractivity contribution in [3.63, 3.8) is 0 Å². The number of hydrogen-bond donors (Lipinski definition) is 1. The molecule has 1 amide bonds. The van der Waals surface area contributed by atoms with Crippen LogP contribution >= 0.6 is 0 Å². The van der Waals surface area contributed by atoms with Gasteiger partial charge in [-0.1, -0.05) is 24.1 Å². The molecule has 2 aromatic rings. The van der Waals surface area contributed by atoms with Crippen LogP contribution in [-0.4, -0.2) is 40.7 Å². The number of carbonyl (C=O) groups excluding carboxylic acids is 1. The summed E-state index contributed by atoms with van der Waals surface area (Å²) in [6.45, 7) is 2.20. The van der Waals surface area contributed by atoms with Gasteiger partial charge >= 0.3 is 0 Å². The summed E-state index contributed by atoms with van der Waals surface area (Å²) in [6, 6.07) is 7.27. The van der Waals surface area contributed by atoms with Crippen LogP contribution in [0.2, 0.25) is 0 Å². The number of benzene rings is 1. The number of carbonyl (C=O) groups is 1. The Morgan fingerprint density at radius 1 is 1.40 bits per heavy atom. The molecule has 0 aliphatic carbocycles. The molecule has 6 heteroatoms. The first-order valence-corrected chi connectivity index (χ1v) is 8.48. The van der Waals surface area contributed by atoms with E-state index in [0.29, 0.717) is 11.1 Å². The number of nitrogens with one attached hydrogen (secondary N) is 1. The van der Waals surface area contributed by atoms with Gasteiger partial charge in [-0.05, 0) is 32.5 Å². The van der Waals surface area contributed by atoms with E-state index in [1.165, 1.54) is 4.68 Å². The average Bonchev–Trinajstić information content (AvgIpc) is 2.63. The van der Waals surface area contributed by atoms with Crippen LogP contribution < -0.4 is 10.9 Å². The highest BCUT2D eigenvalue weighted by molar-refractivity contribution is 5.84. The van der Waals surface area contributed by atoms with Gasteiger partial charge < -0.3 is 10.2 Å². The van der Waals surface area contributed by atoms with Crippen molar-refractivity contribution in [2.24, 2.45) is 5.92 Å². The van der Waals surface area contributed by atoms with Crippen molar-refractivity contribution < 1.29 is 4.79 Å². The zero-order valence-corrected chi connectivity index (χ0v) is 14.4. The van der Waals surface area contributed by atoms with Gasteiger partial charge in [0.15, 0.2) is 0 Å². The highest BCUT2D eigenvalue weighted by Gasteiger charge is 2.24. The molecular formula is C19H22N4O2. The molecule has 1 unspecified atom stereocenters. The van der Waals surface area contributed by atoms with Crippen LogP contribution in [0.15, 0.2) is 29.1 Å². The zero-order chi connectivity index (χ0) is 17.8. The van der Waals surface area contributed by atoms with Gasteiger partial charge in [0.1, 0.15) is 6.54 Å². The Kier molecular flexibility index (Phi) is 5.15. The van der Waals surface area contributed by atoms with Crippen molar-refractivity contribution in [3.05, 3.63) is 40.3 Å². The predicted molar refractivity (Wildman–Crippen MR) is 96.9 cm³/mol. The lowest BCUT2D eigenvalue weighted by molar-refractivity contribution is -0.126. The molecule has 1 aliphatic rings. The van der Waals surface area contributed by atoms with E-state index in [2.05, 4.69) is 21.2 Å². The fourth-order valence-corrected chi connectivity index (χ4v) is 3.33. The van der Waals surface area contributed by atoms with Gasteiger partial charge in [-0.25, -0.2) is 4.68 Å². The summed E-state index contributed by atoms with van der Waals surface area (Å²) in [7, 11) is 2.03. The standard InChI is InChI=1S/C19H22N4O2/c1-3-10-23-19(25)16-9-5-4-8-15(16)17(21-23)12-20-18(24)14-7-6-11-22(2)13-14/h1,4-5,8-9,14H,6-7,10-13H2,2H3,(H,20,24). The summed E-state index contributed by atoms with van der Waals surface area (Å²) >= 11 is 0. The minimum absolute atomic E-state index is 0.00151. The van der Waals surface area contributed by atoms with Crippen molar-refractivity contribution in [3.8, 4) is 12.3 Å². The van der Waals surface area contributed by atoms with E-state index < -0.39 is 0 Å². The number of aromatic nitrogens is 2. The Hall–Kier alpha value is -2.65. The Balaban J connectivity index is 1.83. The van der Waals surface area contributed by atoms with Crippen LogP contribution in [-0.2, 0) is 17.9 Å². The fourth-order valence-electron chi connectivity index (χ4n) is 3.33. The molecule has 0 saturated carbocycles. The number of likely N-dealkylation sites (tertiary alicyclic amines) is 1. The van der Waals surface area contributed by atoms with Gasteiger partial charge in [0, 0.05) is 11.9 Å². The Bertz CT molecular complexity index is 881. The largest absolute Gasteiger partial charge is 0.350 e. The number of fused-ring (bicyclic) bond motifs is 1. The summed E-state index contributed by atoms with van der Waals surface area (Å²) in [6.07, 6.45) is 7.27. The molecular weight excluding hydrogens is 316 g/mol. The van der Waals surface area contributed by atoms with Crippen molar-refractivity contribution in [2.45, 2.75) is 25.9 Å². The first-order valence-electron chi connectivity index (χ1n) is 8.48. The molecule has 0 radical (unpaired) electrons. The van der Waals surface area contributed by atoms with Crippen LogP contribution in [0.5, 0.6) is 0 Å². The molecule has 1 N–H and O–H groups in total. The van der Waals surface area contributed by atoms with Crippen LogP contribution in [0.4, 0.5) is 0 Å². The highest BCUT2D eigenvalue weighted by atomic mass is 16.2. The van der Waals surface area contributed by atoms with Crippen LogP contribution in [0.25, 0.3) is 10.8 Å². The van der Waals surface area contributed by atoms with Crippen LogP contribution in [0.1, 0.15) is 18.5 Å². The van der Waals surface area contributed by atoms with Gasteiger partial charge in [0.05, 0.1) is 23.5 Å². The van der Waals surface area contributed by atoms with Crippen LogP contribution in [0, 0.1) is 18.3 Å². The van der Waals surface area contributed by atoms with E-state index in [1.807, 2.05) is 25.2 Å². The second-order valence-electron chi connectivity index (χ2n) is 6.48. The predicted octanol–water partition coefficient (Wildman–Crippen LogP) is 0.988. The van der Waals surface area contributed by atoms with E-state index in [1.54, 1.807) is 6.07 Å². The third-order valence-electron chi connectivity index (χ3n) is 4.61. The van der Waals surface area contributed by atoms with Crippen molar-refractivity contribution in [2.75, 3.05) is 20.1 Å². The SMILES string of the molecule is C#CCn1nc(CNC(=O)C2CCCN(C)C2)c2ccccc2c1=O. The van der Waals surface area contributed by atoms with Gasteiger partial charge in [-0.15, -0.1) is 6.42 Å². The summed E-state index contributed by atoms with van der Waals surface area (Å²) in [5, 5.41) is 8.65. The van der Waals surface area contributed by atoms with E-state index in [9.17, 15) is 9.59 Å². The molecule has 6 nitrogen and oxygen atoms in total. The lowest BCUT2D eigenvalue weighted by Gasteiger charge is -2.28. The summed E-state index contributed by atoms with van der Waals surface area (Å²) in [4.78, 5) is 27.0. The molecule has 2 heterocycles. The van der Waals surface area contributed by atoms with Gasteiger partial charge in [-0.3, -0.25) is 9.59 Å². The quantitative estimate of drug-likeness (QED) is 0.844. The molecule has 1 aromatic carbocycles. The maximum Gasteiger partial charge on any atom is 0.275 e. The Morgan fingerprint density at radius 2 is 2.16 bits per heavy atom. The Labute approximate surface area is 146 Å². The number of terminal acetylenes is 1. The number of hydrogen-bond acceptors (Lipinski definition) is 4. The topological polar surface area (TPSA) is 67.2 Å². The van der Waals surface area contributed by atoms with E-state index >= 15 is 0 Å². The zero-order valence-electron chi connectivity index (χ0n) is 14.4. The fraction of sp³-hybridized carbons (Fsp3) is 0.421. The smallest absolute Gasteiger partial charge is 0.275 e. The molecule has 0 bridgehead atoms. The third kappa shape index (κ3) is 3.72. The maximum atomic E-state index is 12.5. The lowest BCUT2D eigenvalue weighted by atomic mass is 9.97. The molecule has 1 saturated heterocycles. The Morgan fingerprint density at radius 3 is 2.88 bits per heavy atom. The van der Waals surface area contributed by atoms with Crippen LogP contribution in [0.3, 0.4) is 0 Å². The second-order valence-corrected chi connectivity index (χ2v) is 6.48. The monoisotopic (exact) mass is 338 g/mol. The average molecular weight is 338 g/mol. The number of piperidine rings is 1. The minimum Gasteiger partial charge on any atom is -0.350 e. The minimum atomic E-state index is -0.211. The number of nitrogens with zero attached hydrogens (tertiary/aromatic N) is 3. The molecule has 130 valence electrons. The third-order valence-corrected chi connectivity index (χ3v) is 4.61. The summed E-state index contributed by atoms with van der Waals surface area (Å²) in [5.41, 5.74) is 0.445. The van der Waals surface area contributed by atoms with Gasteiger partial charge in [-0.2, -0.15) is 5.10 Å². The summed E-state index contributed by atoms with van der Waals surface area (Å²) < 4.78 is 1.28. The van der Waals surface area contributed by atoms with Gasteiger partial charge in [0.25, 0.3) is 5.56 Å². The molecule has 3 rings (SSSR count). The van der Waals surface area contributed by atoms with Gasteiger partial charge in [0.2, 0.25) is 5.91 Å². The normalized spacial score (nSPS) is 18.0.